The van der Waals surface area contributed by atoms with Crippen molar-refractivity contribution in [2.24, 2.45) is 5.92 Å². The van der Waals surface area contributed by atoms with E-state index < -0.39 is 23.3 Å². The number of carbonyl (C=O) groups is 3. The number of anilines is 1. The number of likely N-dealkylation sites (N-methyl/N-ethyl adjacent to an activating group) is 1. The minimum Gasteiger partial charge on any atom is -0.397 e. The van der Waals surface area contributed by atoms with Gasteiger partial charge in [0.25, 0.3) is 0 Å². The third-order valence-corrected chi connectivity index (χ3v) is 11.6. The summed E-state index contributed by atoms with van der Waals surface area (Å²) < 4.78 is 41.5. The van der Waals surface area contributed by atoms with Crippen LogP contribution >= 0.6 is 11.6 Å². The Morgan fingerprint density at radius 2 is 1.60 bits per heavy atom. The highest BCUT2D eigenvalue weighted by Crippen LogP contribution is 2.39. The molecule has 0 saturated carbocycles. The van der Waals surface area contributed by atoms with Crippen molar-refractivity contribution in [3.05, 3.63) is 51.7 Å². The summed E-state index contributed by atoms with van der Waals surface area (Å²) in [5.41, 5.74) is 6.47. The predicted molar refractivity (Wildman–Crippen MR) is 186 cm³/mol. The fraction of sp³-hybridized carbons (Fsp3) is 0.639. The Morgan fingerprint density at radius 1 is 0.940 bits per heavy atom. The maximum atomic E-state index is 14.1. The number of nitrogens with two attached hydrogens (primary N) is 1. The number of hydrogen-bond donors (Lipinski definition) is 2. The molecule has 50 heavy (non-hydrogen) atoms. The van der Waals surface area contributed by atoms with Gasteiger partial charge < -0.3 is 30.7 Å². The zero-order valence-corrected chi connectivity index (χ0v) is 29.6. The summed E-state index contributed by atoms with van der Waals surface area (Å²) in [5, 5.41) is 2.87. The van der Waals surface area contributed by atoms with Crippen LogP contribution < -0.4 is 11.1 Å². The van der Waals surface area contributed by atoms with Crippen molar-refractivity contribution in [2.75, 3.05) is 71.7 Å². The van der Waals surface area contributed by atoms with Gasteiger partial charge in [0.2, 0.25) is 11.8 Å². The maximum Gasteiger partial charge on any atom is 0.418 e. The molecule has 0 aromatic heterocycles. The van der Waals surface area contributed by atoms with Crippen LogP contribution in [0.15, 0.2) is 35.6 Å². The zero-order chi connectivity index (χ0) is 35.6. The normalized spacial score (nSPS) is 22.7. The van der Waals surface area contributed by atoms with Crippen molar-refractivity contribution >= 4 is 35.1 Å². The Balaban J connectivity index is 1.11. The number of nitrogens with one attached hydrogen (secondary N) is 1. The van der Waals surface area contributed by atoms with Gasteiger partial charge in [0.15, 0.2) is 0 Å². The zero-order valence-electron chi connectivity index (χ0n) is 28.8. The fourth-order valence-electron chi connectivity index (χ4n) is 8.20. The van der Waals surface area contributed by atoms with Gasteiger partial charge in [-0.2, -0.15) is 13.2 Å². The van der Waals surface area contributed by atoms with Gasteiger partial charge in [-0.3, -0.25) is 14.5 Å². The number of halogens is 4. The first-order chi connectivity index (χ1) is 23.9. The van der Waals surface area contributed by atoms with Crippen LogP contribution in [0.1, 0.15) is 62.5 Å². The number of piperidine rings is 2. The highest BCUT2D eigenvalue weighted by atomic mass is 35.5. The van der Waals surface area contributed by atoms with E-state index in [-0.39, 0.29) is 47.3 Å². The van der Waals surface area contributed by atoms with Gasteiger partial charge in [0, 0.05) is 83.1 Å². The number of amides is 4. The van der Waals surface area contributed by atoms with E-state index in [1.54, 1.807) is 9.80 Å². The van der Waals surface area contributed by atoms with E-state index in [2.05, 4.69) is 34.3 Å². The Kier molecular flexibility index (Phi) is 11.3. The highest BCUT2D eigenvalue weighted by Gasteiger charge is 2.38. The molecule has 4 amide bonds. The molecule has 3 saturated heterocycles. The molecular formula is C36H49ClF3N7O3. The van der Waals surface area contributed by atoms with Gasteiger partial charge >= 0.3 is 12.2 Å². The van der Waals surface area contributed by atoms with E-state index >= 15 is 0 Å². The molecule has 0 radical (unpaired) electrons. The highest BCUT2D eigenvalue weighted by molar-refractivity contribution is 6.33. The summed E-state index contributed by atoms with van der Waals surface area (Å²) >= 11 is 6.16. The van der Waals surface area contributed by atoms with E-state index in [1.807, 2.05) is 4.90 Å². The van der Waals surface area contributed by atoms with Crippen LogP contribution in [0.25, 0.3) is 0 Å². The van der Waals surface area contributed by atoms with Gasteiger partial charge in [-0.25, -0.2) is 4.79 Å². The number of carbonyl (C=O) groups excluding carboxylic acids is 3. The molecule has 1 atom stereocenters. The lowest BCUT2D eigenvalue weighted by atomic mass is 9.91. The molecule has 14 heteroatoms. The molecule has 1 aliphatic carbocycles. The molecular weight excluding hydrogens is 671 g/mol. The van der Waals surface area contributed by atoms with E-state index in [0.717, 1.165) is 70.0 Å². The van der Waals surface area contributed by atoms with Crippen molar-refractivity contribution in [1.29, 1.82) is 0 Å². The Hall–Kier alpha value is -3.29. The lowest BCUT2D eigenvalue weighted by Crippen LogP contribution is -2.54. The number of likely N-dealkylation sites (tertiary alicyclic amines) is 2. The second kappa shape index (κ2) is 15.5. The van der Waals surface area contributed by atoms with E-state index in [1.165, 1.54) is 11.6 Å². The smallest absolute Gasteiger partial charge is 0.397 e. The number of rotatable bonds is 7. The van der Waals surface area contributed by atoms with E-state index in [0.29, 0.717) is 51.6 Å². The average molecular weight is 720 g/mol. The summed E-state index contributed by atoms with van der Waals surface area (Å²) in [7, 11) is 2.11. The van der Waals surface area contributed by atoms with Crippen LogP contribution in [0.5, 0.6) is 0 Å². The third-order valence-electron chi connectivity index (χ3n) is 11.2. The second-order valence-electron chi connectivity index (χ2n) is 14.5. The SMILES string of the molecule is CN1CCN(C2CCN(C(=O)[C@H](CC(=O)N3CCC(N4CCC5=C(CCC=C5)NC4=O)CC3)Cc3cc(Cl)c(N)c(C(F)(F)F)c3)CC2)CC1. The standard InChI is InChI=1S/C36H49ClF3N7O3/c1-43-16-18-44(19-17-43)27-7-13-46(14-8-27)34(49)26(20-24-21-29(36(38,39)40)33(41)30(37)22-24)23-32(48)45-11-9-28(10-12-45)47-15-6-25-4-2-3-5-31(25)42-35(47)50/h2,4,21-22,26-28H,3,5-20,23,41H2,1H3,(H,42,50)/t26-/m0/s1. The molecule has 6 rings (SSSR count). The molecule has 1 aromatic rings. The molecule has 0 spiro atoms. The van der Waals surface area contributed by atoms with Crippen LogP contribution in [0.4, 0.5) is 23.7 Å². The van der Waals surface area contributed by atoms with Crippen LogP contribution in [-0.2, 0) is 22.2 Å². The van der Waals surface area contributed by atoms with Crippen LogP contribution in [0, 0.1) is 5.92 Å². The van der Waals surface area contributed by atoms with Gasteiger partial charge in [-0.05, 0) is 81.7 Å². The molecule has 4 aliphatic heterocycles. The van der Waals surface area contributed by atoms with Gasteiger partial charge in [0.05, 0.1) is 22.2 Å². The molecule has 3 fully saturated rings. The number of benzene rings is 1. The summed E-state index contributed by atoms with van der Waals surface area (Å²) in [4.78, 5) is 51.2. The maximum absolute atomic E-state index is 14.1. The van der Waals surface area contributed by atoms with Gasteiger partial charge in [-0.15, -0.1) is 0 Å². The fourth-order valence-corrected chi connectivity index (χ4v) is 8.45. The number of alkyl halides is 3. The Morgan fingerprint density at radius 3 is 2.28 bits per heavy atom. The van der Waals surface area contributed by atoms with Crippen molar-refractivity contribution in [3.63, 3.8) is 0 Å². The molecule has 0 unspecified atom stereocenters. The summed E-state index contributed by atoms with van der Waals surface area (Å²) in [5.74, 6) is -1.30. The van der Waals surface area contributed by atoms with E-state index in [4.69, 9.17) is 17.3 Å². The summed E-state index contributed by atoms with van der Waals surface area (Å²) in [6.07, 6.45) is 4.69. The number of hydrogen-bond acceptors (Lipinski definition) is 6. The first-order valence-corrected chi connectivity index (χ1v) is 18.4. The van der Waals surface area contributed by atoms with E-state index in [9.17, 15) is 27.6 Å². The minimum atomic E-state index is -4.72. The molecule has 4 heterocycles. The Bertz CT molecular complexity index is 1490. The van der Waals surface area contributed by atoms with Gasteiger partial charge in [0.1, 0.15) is 0 Å². The first-order valence-electron chi connectivity index (χ1n) is 18.0. The summed E-state index contributed by atoms with van der Waals surface area (Å²) in [6, 6.07) is 2.59. The number of allylic oxidation sites excluding steroid dienone is 3. The number of piperazine rings is 1. The molecule has 0 bridgehead atoms. The summed E-state index contributed by atoms with van der Waals surface area (Å²) in [6.45, 7) is 6.54. The minimum absolute atomic E-state index is 0.0129. The molecule has 10 nitrogen and oxygen atoms in total. The molecule has 274 valence electrons. The monoisotopic (exact) mass is 719 g/mol. The Labute approximate surface area is 297 Å². The van der Waals surface area contributed by atoms with Crippen molar-refractivity contribution in [3.8, 4) is 0 Å². The van der Waals surface area contributed by atoms with Crippen molar-refractivity contribution in [1.82, 2.24) is 29.8 Å². The lowest BCUT2D eigenvalue weighted by Gasteiger charge is -2.42. The van der Waals surface area contributed by atoms with Gasteiger partial charge in [-0.1, -0.05) is 23.8 Å². The molecule has 1 aromatic carbocycles. The van der Waals surface area contributed by atoms with Crippen LogP contribution in [-0.4, -0.2) is 120 Å². The topological polar surface area (TPSA) is 105 Å². The van der Waals surface area contributed by atoms with Crippen LogP contribution in [0.3, 0.4) is 0 Å². The van der Waals surface area contributed by atoms with Crippen LogP contribution in [0.2, 0.25) is 5.02 Å². The number of nitrogens with zero attached hydrogens (tertiary/aromatic N) is 5. The largest absolute Gasteiger partial charge is 0.418 e. The average Bonchev–Trinajstić information content (AvgIpc) is 3.27. The first kappa shape index (κ1) is 36.5. The number of nitrogen functional groups attached to an aromatic ring is 1. The predicted octanol–water partition coefficient (Wildman–Crippen LogP) is 4.74. The third kappa shape index (κ3) is 8.42. The lowest BCUT2D eigenvalue weighted by molar-refractivity contribution is -0.143. The quantitative estimate of drug-likeness (QED) is 0.395. The number of urea groups is 1. The van der Waals surface area contributed by atoms with Crippen molar-refractivity contribution < 1.29 is 27.6 Å². The van der Waals surface area contributed by atoms with Crippen molar-refractivity contribution in [2.45, 2.75) is 76.0 Å². The second-order valence-corrected chi connectivity index (χ2v) is 14.9. The molecule has 3 N–H and O–H groups in total. The molecule has 5 aliphatic rings.